The van der Waals surface area contributed by atoms with Crippen molar-refractivity contribution in [1.29, 1.82) is 0 Å². The lowest BCUT2D eigenvalue weighted by atomic mass is 9.97. The number of unbranched alkanes of at least 4 members (excludes halogenated alkanes) is 1. The third-order valence-electron chi connectivity index (χ3n) is 3.33. The van der Waals surface area contributed by atoms with Gasteiger partial charge in [-0.05, 0) is 26.7 Å². The van der Waals surface area contributed by atoms with Crippen LogP contribution in [0.4, 0.5) is 0 Å². The number of terminal acetylenes is 1. The normalized spacial score (nSPS) is 16.2. The fourth-order valence-electron chi connectivity index (χ4n) is 1.90. The fraction of sp³-hybridized carbons (Fsp3) is 0.750. The smallest absolute Gasteiger partial charge is 0.309 e. The average Bonchev–Trinajstić information content (AvgIpc) is 2.48. The molecule has 0 aliphatic heterocycles. The molecule has 0 amide bonds. The van der Waals surface area contributed by atoms with Crippen LogP contribution in [0, 0.1) is 18.3 Å². The molecular weight excluding hydrogens is 288 g/mol. The maximum absolute atomic E-state index is 11.8. The molecule has 126 valence electrons. The van der Waals surface area contributed by atoms with Crippen LogP contribution in [-0.2, 0) is 19.1 Å². The molecule has 0 saturated carbocycles. The minimum atomic E-state index is -1.38. The van der Waals surface area contributed by atoms with E-state index < -0.39 is 18.5 Å². The van der Waals surface area contributed by atoms with Gasteiger partial charge >= 0.3 is 5.97 Å². The molecule has 0 rings (SSSR count). The molecule has 4 unspecified atom stereocenters. The molecule has 0 heterocycles. The lowest BCUT2D eigenvalue weighted by Gasteiger charge is -2.19. The van der Waals surface area contributed by atoms with Crippen molar-refractivity contribution < 1.29 is 29.3 Å². The van der Waals surface area contributed by atoms with Crippen LogP contribution in [-0.4, -0.2) is 47.6 Å². The average molecular weight is 314 g/mol. The zero-order chi connectivity index (χ0) is 17.1. The van der Waals surface area contributed by atoms with Crippen molar-refractivity contribution in [3.8, 4) is 12.3 Å². The number of hydrogen-bond acceptors (Lipinski definition) is 6. The zero-order valence-corrected chi connectivity index (χ0v) is 13.4. The van der Waals surface area contributed by atoms with Crippen LogP contribution in [0.25, 0.3) is 0 Å². The molecule has 0 radical (unpaired) electrons. The first kappa shape index (κ1) is 20.6. The quantitative estimate of drug-likeness (QED) is 0.256. The third kappa shape index (κ3) is 8.13. The largest absolute Gasteiger partial charge is 0.469 e. The topological polar surface area (TPSA) is 93.1 Å². The van der Waals surface area contributed by atoms with E-state index in [1.54, 1.807) is 0 Å². The maximum atomic E-state index is 11.8. The Kier molecular flexibility index (Phi) is 10.5. The highest BCUT2D eigenvalue weighted by Crippen LogP contribution is 2.16. The van der Waals surface area contributed by atoms with Gasteiger partial charge in [-0.3, -0.25) is 9.59 Å². The summed E-state index contributed by atoms with van der Waals surface area (Å²) in [6.45, 7) is 2.91. The van der Waals surface area contributed by atoms with Gasteiger partial charge in [0.05, 0.1) is 13.0 Å². The van der Waals surface area contributed by atoms with Crippen molar-refractivity contribution in [1.82, 2.24) is 0 Å². The van der Waals surface area contributed by atoms with Crippen molar-refractivity contribution in [3.63, 3.8) is 0 Å². The summed E-state index contributed by atoms with van der Waals surface area (Å²) in [6.07, 6.45) is 4.41. The Labute approximate surface area is 131 Å². The number of methoxy groups -OCH3 is 1. The van der Waals surface area contributed by atoms with Crippen molar-refractivity contribution in [2.45, 2.75) is 64.4 Å². The predicted molar refractivity (Wildman–Crippen MR) is 80.7 cm³/mol. The summed E-state index contributed by atoms with van der Waals surface area (Å²) in [5.41, 5.74) is 0. The minimum absolute atomic E-state index is 0.161. The Morgan fingerprint density at radius 2 is 1.86 bits per heavy atom. The predicted octanol–water partition coefficient (Wildman–Crippen LogP) is 1.03. The number of ether oxygens (including phenoxy) is 2. The van der Waals surface area contributed by atoms with Gasteiger partial charge in [-0.2, -0.15) is 0 Å². The Bertz CT molecular complexity index is 385. The van der Waals surface area contributed by atoms with Gasteiger partial charge in [-0.15, -0.1) is 12.3 Å². The van der Waals surface area contributed by atoms with E-state index in [1.807, 2.05) is 0 Å². The van der Waals surface area contributed by atoms with Gasteiger partial charge in [-0.1, -0.05) is 6.42 Å². The number of carbonyl (C=O) groups is 2. The molecule has 0 aliphatic rings. The van der Waals surface area contributed by atoms with Gasteiger partial charge in [0.1, 0.15) is 12.2 Å². The van der Waals surface area contributed by atoms with Crippen LogP contribution >= 0.6 is 0 Å². The summed E-state index contributed by atoms with van der Waals surface area (Å²) in [7, 11) is 1.32. The molecule has 0 spiro atoms. The summed E-state index contributed by atoms with van der Waals surface area (Å²) in [5, 5.41) is 18.4. The third-order valence-corrected chi connectivity index (χ3v) is 3.33. The second-order valence-corrected chi connectivity index (χ2v) is 5.25. The molecule has 0 saturated heterocycles. The number of esters is 1. The Hall–Kier alpha value is -1.42. The molecule has 0 aliphatic carbocycles. The first-order chi connectivity index (χ1) is 10.3. The molecule has 22 heavy (non-hydrogen) atoms. The van der Waals surface area contributed by atoms with E-state index in [1.165, 1.54) is 21.0 Å². The molecule has 0 bridgehead atoms. The van der Waals surface area contributed by atoms with Gasteiger partial charge < -0.3 is 19.7 Å². The van der Waals surface area contributed by atoms with E-state index in [4.69, 9.17) is 16.3 Å². The van der Waals surface area contributed by atoms with E-state index in [0.717, 1.165) is 0 Å². The highest BCUT2D eigenvalue weighted by Gasteiger charge is 2.21. The van der Waals surface area contributed by atoms with Gasteiger partial charge in [0.15, 0.2) is 12.1 Å². The van der Waals surface area contributed by atoms with Crippen LogP contribution in [0.5, 0.6) is 0 Å². The van der Waals surface area contributed by atoms with Crippen LogP contribution in [0.1, 0.15) is 46.0 Å². The van der Waals surface area contributed by atoms with Crippen molar-refractivity contribution in [3.05, 3.63) is 0 Å². The molecule has 4 atom stereocenters. The van der Waals surface area contributed by atoms with Crippen LogP contribution in [0.2, 0.25) is 0 Å². The lowest BCUT2D eigenvalue weighted by molar-refractivity contribution is -0.184. The summed E-state index contributed by atoms with van der Waals surface area (Å²) in [5.74, 6) is 1.61. The molecule has 0 fully saturated rings. The second-order valence-electron chi connectivity index (χ2n) is 5.25. The molecule has 0 aromatic heterocycles. The molecule has 2 N–H and O–H groups in total. The number of Topliss-reactive ketones (excluding diaryl/α,β-unsaturated/α-hetero) is 1. The van der Waals surface area contributed by atoms with E-state index in [2.05, 4.69) is 10.7 Å². The van der Waals surface area contributed by atoms with Crippen LogP contribution in [0.15, 0.2) is 0 Å². The van der Waals surface area contributed by atoms with Crippen molar-refractivity contribution >= 4 is 11.8 Å². The molecule has 0 aromatic rings. The summed E-state index contributed by atoms with van der Waals surface area (Å²) in [6, 6.07) is 0. The van der Waals surface area contributed by atoms with Crippen molar-refractivity contribution in [2.75, 3.05) is 7.11 Å². The van der Waals surface area contributed by atoms with E-state index >= 15 is 0 Å². The number of aliphatic hydroxyl groups excluding tert-OH is 2. The highest BCUT2D eigenvalue weighted by molar-refractivity contribution is 5.82. The monoisotopic (exact) mass is 314 g/mol. The Morgan fingerprint density at radius 3 is 2.36 bits per heavy atom. The van der Waals surface area contributed by atoms with Gasteiger partial charge in [0, 0.05) is 12.8 Å². The molecular formula is C16H26O6. The summed E-state index contributed by atoms with van der Waals surface area (Å²) >= 11 is 0. The number of ketones is 1. The molecule has 0 aromatic carbocycles. The van der Waals surface area contributed by atoms with Crippen LogP contribution in [0.3, 0.4) is 0 Å². The first-order valence-electron chi connectivity index (χ1n) is 7.39. The zero-order valence-electron chi connectivity index (χ0n) is 13.4. The molecule has 6 nitrogen and oxygen atoms in total. The fourth-order valence-corrected chi connectivity index (χ4v) is 1.90. The van der Waals surface area contributed by atoms with Crippen molar-refractivity contribution in [2.24, 2.45) is 5.92 Å². The van der Waals surface area contributed by atoms with E-state index in [9.17, 15) is 14.7 Å². The standard InChI is InChI=1S/C16H26O6/c1-5-8-13(16(20)21-4)9-6-7-10-14(18)12(3)22-15(19)11(2)17/h1,11-13,15,17,19H,6-10H2,2-4H3. The van der Waals surface area contributed by atoms with Gasteiger partial charge in [0.2, 0.25) is 0 Å². The minimum Gasteiger partial charge on any atom is -0.469 e. The first-order valence-corrected chi connectivity index (χ1v) is 7.39. The van der Waals surface area contributed by atoms with Gasteiger partial charge in [0.25, 0.3) is 0 Å². The Morgan fingerprint density at radius 1 is 1.23 bits per heavy atom. The lowest BCUT2D eigenvalue weighted by Crippen LogP contribution is -2.33. The number of aliphatic hydroxyl groups is 2. The van der Waals surface area contributed by atoms with E-state index in [0.29, 0.717) is 25.7 Å². The van der Waals surface area contributed by atoms with Crippen LogP contribution < -0.4 is 0 Å². The summed E-state index contributed by atoms with van der Waals surface area (Å²) < 4.78 is 9.68. The number of rotatable bonds is 11. The summed E-state index contributed by atoms with van der Waals surface area (Å²) in [4.78, 5) is 23.3. The van der Waals surface area contributed by atoms with Gasteiger partial charge in [-0.25, -0.2) is 0 Å². The second kappa shape index (κ2) is 11.2. The number of carbonyl (C=O) groups excluding carboxylic acids is 2. The SMILES string of the molecule is C#CCC(CCCCC(=O)C(C)OC(O)C(C)O)C(=O)OC. The molecule has 6 heteroatoms. The maximum Gasteiger partial charge on any atom is 0.309 e. The Balaban J connectivity index is 4.06. The number of hydrogen-bond donors (Lipinski definition) is 2. The highest BCUT2D eigenvalue weighted by atomic mass is 16.6. The van der Waals surface area contributed by atoms with E-state index in [-0.39, 0.29) is 24.1 Å².